The van der Waals surface area contributed by atoms with Crippen molar-refractivity contribution in [1.82, 2.24) is 19.8 Å². The topological polar surface area (TPSA) is 81.7 Å². The molecule has 1 unspecified atom stereocenters. The molecule has 0 radical (unpaired) electrons. The third-order valence-electron chi connectivity index (χ3n) is 6.95. The number of aromatic nitrogens is 2. The van der Waals surface area contributed by atoms with E-state index in [0.717, 1.165) is 24.2 Å². The minimum absolute atomic E-state index is 0.0260. The molecule has 3 amide bonds. The van der Waals surface area contributed by atoms with E-state index in [9.17, 15) is 9.59 Å². The smallest absolute Gasteiger partial charge is 0.322 e. The fourth-order valence-corrected chi connectivity index (χ4v) is 5.91. The number of nitrogens with one attached hydrogen (secondary N) is 1. The van der Waals surface area contributed by atoms with Crippen molar-refractivity contribution in [3.05, 3.63) is 76.4 Å². The second-order valence-corrected chi connectivity index (χ2v) is 11.1. The van der Waals surface area contributed by atoms with Crippen LogP contribution in [-0.4, -0.2) is 69.7 Å². The minimum atomic E-state index is -0.112. The summed E-state index contributed by atoms with van der Waals surface area (Å²) in [5, 5.41) is 3.81. The van der Waals surface area contributed by atoms with Crippen LogP contribution in [0.3, 0.4) is 0 Å². The zero-order valence-corrected chi connectivity index (χ0v) is 23.1. The van der Waals surface area contributed by atoms with E-state index in [2.05, 4.69) is 27.3 Å². The summed E-state index contributed by atoms with van der Waals surface area (Å²) in [5.41, 5.74) is 4.41. The van der Waals surface area contributed by atoms with Crippen LogP contribution in [0.5, 0.6) is 0 Å². The highest BCUT2D eigenvalue weighted by atomic mass is 35.5. The first-order valence-electron chi connectivity index (χ1n) is 12.8. The molecule has 8 nitrogen and oxygen atoms in total. The zero-order chi connectivity index (χ0) is 26.6. The molecule has 198 valence electrons. The summed E-state index contributed by atoms with van der Waals surface area (Å²) >= 11 is 7.65. The van der Waals surface area contributed by atoms with Gasteiger partial charge < -0.3 is 20.0 Å². The minimum Gasteiger partial charge on any atom is -0.353 e. The number of benzene rings is 2. The largest absolute Gasteiger partial charge is 0.353 e. The molecular weight excluding hydrogens is 520 g/mol. The van der Waals surface area contributed by atoms with Gasteiger partial charge in [-0.3, -0.25) is 4.79 Å². The number of amides is 3. The first-order chi connectivity index (χ1) is 18.4. The Morgan fingerprint density at radius 1 is 1.05 bits per heavy atom. The normalized spacial score (nSPS) is 17.2. The van der Waals surface area contributed by atoms with Crippen LogP contribution in [0, 0.1) is 6.92 Å². The molecule has 1 saturated heterocycles. The quantitative estimate of drug-likeness (QED) is 0.278. The number of anilines is 2. The van der Waals surface area contributed by atoms with Crippen LogP contribution in [-0.2, 0) is 17.8 Å². The predicted octanol–water partition coefficient (Wildman–Crippen LogP) is 4.86. The van der Waals surface area contributed by atoms with Crippen LogP contribution >= 0.6 is 23.4 Å². The third-order valence-corrected chi connectivity index (χ3v) is 7.98. The molecule has 3 aromatic rings. The Kier molecular flexibility index (Phi) is 8.04. The van der Waals surface area contributed by atoms with Crippen LogP contribution in [0.4, 0.5) is 16.3 Å². The molecule has 5 rings (SSSR count). The van der Waals surface area contributed by atoms with Gasteiger partial charge in [0.15, 0.2) is 5.16 Å². The van der Waals surface area contributed by atoms with E-state index in [1.54, 1.807) is 6.07 Å². The molecule has 2 aliphatic rings. The van der Waals surface area contributed by atoms with E-state index in [1.807, 2.05) is 60.0 Å². The molecule has 1 aromatic heterocycles. The van der Waals surface area contributed by atoms with Gasteiger partial charge in [-0.05, 0) is 49.1 Å². The summed E-state index contributed by atoms with van der Waals surface area (Å²) in [6.07, 6.45) is 0.873. The van der Waals surface area contributed by atoms with Crippen molar-refractivity contribution < 1.29 is 9.59 Å². The maximum absolute atomic E-state index is 12.9. The number of piperazine rings is 1. The first-order valence-corrected chi connectivity index (χ1v) is 14.1. The van der Waals surface area contributed by atoms with Gasteiger partial charge in [0.1, 0.15) is 11.0 Å². The number of rotatable bonds is 5. The van der Waals surface area contributed by atoms with Gasteiger partial charge in [0.2, 0.25) is 5.91 Å². The summed E-state index contributed by atoms with van der Waals surface area (Å²) in [6, 6.07) is 17.6. The molecule has 2 aromatic carbocycles. The number of nitrogens with zero attached hydrogens (tertiary/aromatic N) is 5. The number of hydrogen-bond donors (Lipinski definition) is 1. The molecule has 0 spiro atoms. The van der Waals surface area contributed by atoms with Crippen LogP contribution in [0.15, 0.2) is 59.8 Å². The Morgan fingerprint density at radius 3 is 2.66 bits per heavy atom. The number of carbonyl (C=O) groups is 2. The average molecular weight is 551 g/mol. The van der Waals surface area contributed by atoms with Gasteiger partial charge in [-0.15, -0.1) is 0 Å². The van der Waals surface area contributed by atoms with E-state index in [4.69, 9.17) is 16.6 Å². The number of thioether (sulfide) groups is 1. The zero-order valence-electron chi connectivity index (χ0n) is 21.6. The number of carbonyl (C=O) groups excluding carboxylic acids is 2. The Morgan fingerprint density at radius 2 is 1.87 bits per heavy atom. The number of fused-ring (bicyclic) bond motifs is 1. The van der Waals surface area contributed by atoms with Gasteiger partial charge in [0.05, 0.1) is 5.75 Å². The van der Waals surface area contributed by atoms with Gasteiger partial charge in [-0.1, -0.05) is 59.8 Å². The second-order valence-electron chi connectivity index (χ2n) is 9.74. The lowest BCUT2D eigenvalue weighted by Gasteiger charge is -2.40. The van der Waals surface area contributed by atoms with Crippen molar-refractivity contribution >= 4 is 46.8 Å². The number of aryl methyl sites for hydroxylation is 1. The highest BCUT2D eigenvalue weighted by molar-refractivity contribution is 7.99. The van der Waals surface area contributed by atoms with E-state index in [0.29, 0.717) is 42.3 Å². The molecule has 0 bridgehead atoms. The lowest BCUT2D eigenvalue weighted by atomic mass is 10.00. The maximum Gasteiger partial charge on any atom is 0.322 e. The highest BCUT2D eigenvalue weighted by Crippen LogP contribution is 2.26. The summed E-state index contributed by atoms with van der Waals surface area (Å²) in [5.74, 6) is 1.03. The fraction of sp³-hybridized carbons (Fsp3) is 0.357. The Hall–Kier alpha value is -3.30. The molecule has 1 fully saturated rings. The van der Waals surface area contributed by atoms with Crippen molar-refractivity contribution in [3.63, 3.8) is 0 Å². The van der Waals surface area contributed by atoms with Gasteiger partial charge in [-0.2, -0.15) is 0 Å². The lowest BCUT2D eigenvalue weighted by Crippen LogP contribution is -2.55. The highest BCUT2D eigenvalue weighted by Gasteiger charge is 2.29. The van der Waals surface area contributed by atoms with Gasteiger partial charge >= 0.3 is 6.03 Å². The predicted molar refractivity (Wildman–Crippen MR) is 152 cm³/mol. The van der Waals surface area contributed by atoms with Crippen LogP contribution < -0.4 is 10.2 Å². The fourth-order valence-electron chi connectivity index (χ4n) is 4.92. The van der Waals surface area contributed by atoms with E-state index >= 15 is 0 Å². The lowest BCUT2D eigenvalue weighted by molar-refractivity contribution is -0.129. The molecule has 38 heavy (non-hydrogen) atoms. The molecule has 0 aliphatic carbocycles. The van der Waals surface area contributed by atoms with Gasteiger partial charge in [0.25, 0.3) is 0 Å². The molecule has 3 heterocycles. The molecule has 10 heteroatoms. The second kappa shape index (κ2) is 11.6. The Bertz CT molecular complexity index is 1340. The monoisotopic (exact) mass is 550 g/mol. The summed E-state index contributed by atoms with van der Waals surface area (Å²) in [6.45, 7) is 7.17. The Labute approximate surface area is 232 Å². The average Bonchev–Trinajstić information content (AvgIpc) is 2.91. The standard InChI is InChI=1S/C28H31ClN6O2S/c1-19-6-5-9-23(14-19)30-28(37)35-13-12-33(16-20(35)2)25-15-24(29)31-27(32-25)38-18-26(36)34-11-10-21-7-3-4-8-22(21)17-34/h3-9,14-15,20H,10-13,16-18H2,1-2H3,(H,30,37). The first kappa shape index (κ1) is 26.3. The van der Waals surface area contributed by atoms with Crippen LogP contribution in [0.25, 0.3) is 0 Å². The molecule has 1 N–H and O–H groups in total. The number of halogens is 1. The van der Waals surface area contributed by atoms with Crippen molar-refractivity contribution in [2.75, 3.05) is 42.1 Å². The number of urea groups is 1. The van der Waals surface area contributed by atoms with E-state index in [1.165, 1.54) is 22.9 Å². The summed E-state index contributed by atoms with van der Waals surface area (Å²) in [4.78, 5) is 40.7. The van der Waals surface area contributed by atoms with Crippen molar-refractivity contribution in [1.29, 1.82) is 0 Å². The van der Waals surface area contributed by atoms with E-state index < -0.39 is 0 Å². The van der Waals surface area contributed by atoms with Crippen molar-refractivity contribution in [2.24, 2.45) is 0 Å². The Balaban J connectivity index is 1.17. The molecule has 1 atom stereocenters. The van der Waals surface area contributed by atoms with Gasteiger partial charge in [-0.25, -0.2) is 14.8 Å². The van der Waals surface area contributed by atoms with Crippen molar-refractivity contribution in [2.45, 2.75) is 38.0 Å². The van der Waals surface area contributed by atoms with Gasteiger partial charge in [0, 0.05) is 50.5 Å². The molecular formula is C28H31ClN6O2S. The SMILES string of the molecule is Cc1cccc(NC(=O)N2CCN(c3cc(Cl)nc(SCC(=O)N4CCc5ccccc5C4)n3)CC2C)c1. The third kappa shape index (κ3) is 6.22. The molecule has 2 aliphatic heterocycles. The maximum atomic E-state index is 12.9. The summed E-state index contributed by atoms with van der Waals surface area (Å²) in [7, 11) is 0. The van der Waals surface area contributed by atoms with Crippen molar-refractivity contribution in [3.8, 4) is 0 Å². The number of hydrogen-bond acceptors (Lipinski definition) is 6. The summed E-state index contributed by atoms with van der Waals surface area (Å²) < 4.78 is 0. The molecule has 0 saturated carbocycles. The van der Waals surface area contributed by atoms with E-state index in [-0.39, 0.29) is 23.7 Å². The van der Waals surface area contributed by atoms with Crippen LogP contribution in [0.1, 0.15) is 23.6 Å². The van der Waals surface area contributed by atoms with Crippen LogP contribution in [0.2, 0.25) is 5.15 Å².